The average molecular weight is 290 g/mol. The Kier molecular flexibility index (Phi) is 5.80. The molecule has 0 spiro atoms. The van der Waals surface area contributed by atoms with Gasteiger partial charge in [0.25, 0.3) is 0 Å². The van der Waals surface area contributed by atoms with Gasteiger partial charge >= 0.3 is 0 Å². The Morgan fingerprint density at radius 1 is 1.19 bits per heavy atom. The molecular formula is C16H22N2O3. The zero-order valence-electron chi connectivity index (χ0n) is 12.5. The van der Waals surface area contributed by atoms with Gasteiger partial charge in [0.05, 0.1) is 18.9 Å². The van der Waals surface area contributed by atoms with E-state index in [1.807, 2.05) is 30.3 Å². The van der Waals surface area contributed by atoms with E-state index in [0.29, 0.717) is 13.2 Å². The highest BCUT2D eigenvalue weighted by molar-refractivity contribution is 5.42. The molecule has 21 heavy (non-hydrogen) atoms. The summed E-state index contributed by atoms with van der Waals surface area (Å²) in [7, 11) is 1.65. The van der Waals surface area contributed by atoms with Crippen molar-refractivity contribution in [3.05, 3.63) is 53.5 Å². The van der Waals surface area contributed by atoms with Gasteiger partial charge in [-0.2, -0.15) is 0 Å². The second-order valence-electron chi connectivity index (χ2n) is 4.63. The third kappa shape index (κ3) is 3.64. The molecule has 0 bridgehead atoms. The largest absolute Gasteiger partial charge is 0.491 e. The number of furan rings is 1. The predicted molar refractivity (Wildman–Crippen MR) is 81.1 cm³/mol. The first-order valence-corrected chi connectivity index (χ1v) is 7.04. The summed E-state index contributed by atoms with van der Waals surface area (Å²) in [5.74, 6) is 7.48. The summed E-state index contributed by atoms with van der Waals surface area (Å²) in [5.41, 5.74) is 4.86. The summed E-state index contributed by atoms with van der Waals surface area (Å²) in [6, 6.07) is 9.61. The van der Waals surface area contributed by atoms with Gasteiger partial charge in [-0.05, 0) is 12.1 Å². The van der Waals surface area contributed by atoms with Crippen molar-refractivity contribution >= 4 is 0 Å². The fourth-order valence-electron chi connectivity index (χ4n) is 2.33. The summed E-state index contributed by atoms with van der Waals surface area (Å²) in [6.07, 6.45) is 2.50. The van der Waals surface area contributed by atoms with Crippen molar-refractivity contribution < 1.29 is 13.9 Å². The Bertz CT molecular complexity index is 554. The maximum absolute atomic E-state index is 5.78. The molecule has 0 saturated carbocycles. The van der Waals surface area contributed by atoms with Gasteiger partial charge in [0.1, 0.15) is 18.1 Å². The van der Waals surface area contributed by atoms with Crippen molar-refractivity contribution in [3.8, 4) is 5.75 Å². The summed E-state index contributed by atoms with van der Waals surface area (Å²) in [4.78, 5) is 0. The van der Waals surface area contributed by atoms with Gasteiger partial charge < -0.3 is 13.9 Å². The molecule has 5 heteroatoms. The van der Waals surface area contributed by atoms with Gasteiger partial charge in [-0.25, -0.2) is 5.43 Å². The molecule has 0 aliphatic carbocycles. The molecule has 3 N–H and O–H groups in total. The van der Waals surface area contributed by atoms with E-state index >= 15 is 0 Å². The van der Waals surface area contributed by atoms with E-state index in [1.54, 1.807) is 13.4 Å². The summed E-state index contributed by atoms with van der Waals surface area (Å²) in [5, 5.41) is 0. The number of hydrazine groups is 1. The lowest BCUT2D eigenvalue weighted by molar-refractivity contribution is 0.145. The molecule has 0 radical (unpaired) electrons. The molecule has 1 unspecified atom stereocenters. The molecule has 2 rings (SSSR count). The van der Waals surface area contributed by atoms with Crippen molar-refractivity contribution in [3.63, 3.8) is 0 Å². The Morgan fingerprint density at radius 3 is 2.71 bits per heavy atom. The molecule has 1 heterocycles. The fraction of sp³-hybridized carbons (Fsp3) is 0.375. The topological polar surface area (TPSA) is 69.7 Å². The highest BCUT2D eigenvalue weighted by atomic mass is 16.5. The van der Waals surface area contributed by atoms with Crippen molar-refractivity contribution in [2.75, 3.05) is 20.3 Å². The van der Waals surface area contributed by atoms with Crippen LogP contribution in [0.4, 0.5) is 0 Å². The number of aryl methyl sites for hydroxylation is 1. The van der Waals surface area contributed by atoms with Crippen molar-refractivity contribution in [1.29, 1.82) is 0 Å². The smallest absolute Gasteiger partial charge is 0.124 e. The van der Waals surface area contributed by atoms with Gasteiger partial charge in [0.2, 0.25) is 0 Å². The van der Waals surface area contributed by atoms with Crippen LogP contribution in [0.5, 0.6) is 5.75 Å². The molecule has 114 valence electrons. The lowest BCUT2D eigenvalue weighted by atomic mass is 9.98. The highest BCUT2D eigenvalue weighted by Crippen LogP contribution is 2.32. The standard InChI is InChI=1S/C16H22N2O3/c1-3-14-13(8-9-20-14)16(18-17)12-6-4-5-7-15(12)21-11-10-19-2/h4-9,16,18H,3,10-11,17H2,1-2H3. The lowest BCUT2D eigenvalue weighted by Crippen LogP contribution is -2.29. The van der Waals surface area contributed by atoms with E-state index < -0.39 is 0 Å². The van der Waals surface area contributed by atoms with Crippen LogP contribution in [0, 0.1) is 0 Å². The van der Waals surface area contributed by atoms with Gasteiger partial charge in [-0.1, -0.05) is 25.1 Å². The van der Waals surface area contributed by atoms with Crippen LogP contribution in [-0.4, -0.2) is 20.3 Å². The molecule has 2 aromatic rings. The normalized spacial score (nSPS) is 12.3. The minimum atomic E-state index is -0.169. The van der Waals surface area contributed by atoms with E-state index in [4.69, 9.17) is 19.7 Å². The van der Waals surface area contributed by atoms with Gasteiger partial charge in [-0.15, -0.1) is 0 Å². The number of rotatable bonds is 8. The Hall–Kier alpha value is -1.82. The number of hydrogen-bond donors (Lipinski definition) is 2. The summed E-state index contributed by atoms with van der Waals surface area (Å²) in [6.45, 7) is 3.09. The zero-order valence-corrected chi connectivity index (χ0v) is 12.5. The number of ether oxygens (including phenoxy) is 2. The minimum Gasteiger partial charge on any atom is -0.491 e. The van der Waals surface area contributed by atoms with Crippen LogP contribution in [0.2, 0.25) is 0 Å². The van der Waals surface area contributed by atoms with Gasteiger partial charge in [0, 0.05) is 24.7 Å². The number of methoxy groups -OCH3 is 1. The van der Waals surface area contributed by atoms with Crippen LogP contribution in [0.25, 0.3) is 0 Å². The molecular weight excluding hydrogens is 268 g/mol. The molecule has 1 aromatic heterocycles. The van der Waals surface area contributed by atoms with Crippen molar-refractivity contribution in [1.82, 2.24) is 5.43 Å². The molecule has 0 saturated heterocycles. The summed E-state index contributed by atoms with van der Waals surface area (Å²) >= 11 is 0. The first-order chi connectivity index (χ1) is 10.3. The van der Waals surface area contributed by atoms with E-state index in [0.717, 1.165) is 29.1 Å². The average Bonchev–Trinajstić information content (AvgIpc) is 2.98. The Labute approximate surface area is 125 Å². The second kappa shape index (κ2) is 7.83. The van der Waals surface area contributed by atoms with Gasteiger partial charge in [-0.3, -0.25) is 5.84 Å². The van der Waals surface area contributed by atoms with Crippen molar-refractivity contribution in [2.24, 2.45) is 5.84 Å². The molecule has 0 aliphatic rings. The maximum atomic E-state index is 5.78. The molecule has 0 aliphatic heterocycles. The van der Waals surface area contributed by atoms with E-state index in [2.05, 4.69) is 12.3 Å². The Morgan fingerprint density at radius 2 is 2.00 bits per heavy atom. The van der Waals surface area contributed by atoms with E-state index in [1.165, 1.54) is 0 Å². The van der Waals surface area contributed by atoms with Crippen LogP contribution in [-0.2, 0) is 11.2 Å². The lowest BCUT2D eigenvalue weighted by Gasteiger charge is -2.20. The second-order valence-corrected chi connectivity index (χ2v) is 4.63. The quantitative estimate of drug-likeness (QED) is 0.444. The van der Waals surface area contributed by atoms with Crippen LogP contribution in [0.15, 0.2) is 41.0 Å². The third-order valence-corrected chi connectivity index (χ3v) is 3.35. The molecule has 1 aromatic carbocycles. The van der Waals surface area contributed by atoms with E-state index in [-0.39, 0.29) is 6.04 Å². The number of para-hydroxylation sites is 1. The zero-order chi connectivity index (χ0) is 15.1. The van der Waals surface area contributed by atoms with Gasteiger partial charge in [0.15, 0.2) is 0 Å². The SMILES string of the molecule is CCc1occc1C(NN)c1ccccc1OCCOC. The summed E-state index contributed by atoms with van der Waals surface area (Å²) < 4.78 is 16.3. The molecule has 1 atom stereocenters. The number of nitrogens with two attached hydrogens (primary N) is 1. The first kappa shape index (κ1) is 15.6. The van der Waals surface area contributed by atoms with Crippen LogP contribution >= 0.6 is 0 Å². The third-order valence-electron chi connectivity index (χ3n) is 3.35. The maximum Gasteiger partial charge on any atom is 0.124 e. The number of nitrogens with one attached hydrogen (secondary N) is 1. The molecule has 0 fully saturated rings. The highest BCUT2D eigenvalue weighted by Gasteiger charge is 2.21. The molecule has 0 amide bonds. The minimum absolute atomic E-state index is 0.169. The van der Waals surface area contributed by atoms with Crippen molar-refractivity contribution in [2.45, 2.75) is 19.4 Å². The molecule has 5 nitrogen and oxygen atoms in total. The van der Waals surface area contributed by atoms with E-state index in [9.17, 15) is 0 Å². The predicted octanol–water partition coefficient (Wildman–Crippen LogP) is 2.42. The number of hydrogen-bond acceptors (Lipinski definition) is 5. The number of benzene rings is 1. The van der Waals surface area contributed by atoms with Crippen LogP contribution in [0.3, 0.4) is 0 Å². The van der Waals surface area contributed by atoms with Crippen LogP contribution < -0.4 is 16.0 Å². The first-order valence-electron chi connectivity index (χ1n) is 7.04. The van der Waals surface area contributed by atoms with Crippen LogP contribution in [0.1, 0.15) is 29.9 Å². The Balaban J connectivity index is 2.29. The fourth-order valence-corrected chi connectivity index (χ4v) is 2.33. The monoisotopic (exact) mass is 290 g/mol.